The second kappa shape index (κ2) is 6.18. The number of hydrogen-bond donors (Lipinski definition) is 0. The SMILES string of the molecule is [2H]C([2H])([2H])c1ccc2cc3oc4c(-c5cc(C([2H])([2H])[2H])c(C([2H])([2H])[2H])c[n+]5C)c(C)cc(C([2H])([2H])[2H])c4c3cc2c1. The molecule has 0 saturated heterocycles. The quantitative estimate of drug-likeness (QED) is 0.288. The van der Waals surface area contributed by atoms with E-state index in [2.05, 4.69) is 0 Å². The molecule has 0 fully saturated rings. The molecule has 29 heavy (non-hydrogen) atoms. The molecule has 2 heterocycles. The average Bonchev–Trinajstić information content (AvgIpc) is 3.17. The Bertz CT molecular complexity index is 1850. The molecule has 5 aromatic rings. The van der Waals surface area contributed by atoms with Gasteiger partial charge in [-0.1, -0.05) is 29.8 Å². The van der Waals surface area contributed by atoms with Crippen LogP contribution in [0.4, 0.5) is 0 Å². The van der Waals surface area contributed by atoms with E-state index in [1.54, 1.807) is 38.2 Å². The Morgan fingerprint density at radius 3 is 2.48 bits per heavy atom. The molecule has 0 aliphatic heterocycles. The summed E-state index contributed by atoms with van der Waals surface area (Å²) in [5, 5.41) is 2.03. The van der Waals surface area contributed by atoms with Gasteiger partial charge in [-0.25, -0.2) is 4.57 Å². The van der Waals surface area contributed by atoms with E-state index in [1.165, 1.54) is 29.0 Å². The molecule has 0 N–H and O–H groups in total. The molecule has 0 aliphatic rings. The molecule has 144 valence electrons. The molecule has 0 amide bonds. The van der Waals surface area contributed by atoms with Crippen molar-refractivity contribution in [2.24, 2.45) is 7.05 Å². The van der Waals surface area contributed by atoms with Crippen molar-refractivity contribution in [1.29, 1.82) is 0 Å². The van der Waals surface area contributed by atoms with Crippen molar-refractivity contribution in [2.45, 2.75) is 34.3 Å². The monoisotopic (exact) mass is 392 g/mol. The summed E-state index contributed by atoms with van der Waals surface area (Å²) in [5.41, 5.74) is 1.33. The van der Waals surface area contributed by atoms with E-state index in [0.29, 0.717) is 38.6 Å². The molecular formula is C27H26NO+. The van der Waals surface area contributed by atoms with E-state index in [9.17, 15) is 0 Å². The minimum Gasteiger partial charge on any atom is -0.455 e. The summed E-state index contributed by atoms with van der Waals surface area (Å²) in [7, 11) is 1.59. The highest BCUT2D eigenvalue weighted by molar-refractivity contribution is 6.14. The lowest BCUT2D eigenvalue weighted by Gasteiger charge is -2.09. The smallest absolute Gasteiger partial charge is 0.216 e. The van der Waals surface area contributed by atoms with Crippen LogP contribution in [0.1, 0.15) is 44.3 Å². The van der Waals surface area contributed by atoms with Crippen LogP contribution >= 0.6 is 0 Å². The van der Waals surface area contributed by atoms with Crippen molar-refractivity contribution in [1.82, 2.24) is 0 Å². The molecule has 2 aromatic heterocycles. The molecule has 0 bridgehead atoms. The van der Waals surface area contributed by atoms with Gasteiger partial charge in [0, 0.05) is 38.9 Å². The van der Waals surface area contributed by atoms with Crippen LogP contribution in [-0.4, -0.2) is 0 Å². The lowest BCUT2D eigenvalue weighted by atomic mass is 9.95. The van der Waals surface area contributed by atoms with Crippen molar-refractivity contribution < 1.29 is 25.4 Å². The highest BCUT2D eigenvalue weighted by atomic mass is 16.3. The number of nitrogens with zero attached hydrogens (tertiary/aromatic N) is 1. The van der Waals surface area contributed by atoms with E-state index in [4.69, 9.17) is 20.9 Å². The predicted octanol–water partition coefficient (Wildman–Crippen LogP) is 6.77. The van der Waals surface area contributed by atoms with Crippen LogP contribution in [0.5, 0.6) is 0 Å². The van der Waals surface area contributed by atoms with Crippen LogP contribution in [0, 0.1) is 34.3 Å². The second-order valence-electron chi connectivity index (χ2n) is 7.43. The van der Waals surface area contributed by atoms with E-state index in [-0.39, 0.29) is 33.2 Å². The lowest BCUT2D eigenvalue weighted by molar-refractivity contribution is -0.660. The summed E-state index contributed by atoms with van der Waals surface area (Å²) in [5.74, 6) is 0. The van der Waals surface area contributed by atoms with Crippen LogP contribution in [0.25, 0.3) is 44.0 Å². The van der Waals surface area contributed by atoms with E-state index >= 15 is 0 Å². The molecule has 3 aromatic carbocycles. The predicted molar refractivity (Wildman–Crippen MR) is 122 cm³/mol. The van der Waals surface area contributed by atoms with Gasteiger partial charge < -0.3 is 4.42 Å². The first-order valence-corrected chi connectivity index (χ1v) is 9.17. The fourth-order valence-corrected chi connectivity index (χ4v) is 4.04. The van der Waals surface area contributed by atoms with Crippen LogP contribution in [0.3, 0.4) is 0 Å². The summed E-state index contributed by atoms with van der Waals surface area (Å²) in [6.07, 6.45) is 1.26. The Labute approximate surface area is 188 Å². The zero-order chi connectivity index (χ0) is 30.4. The fourth-order valence-electron chi connectivity index (χ4n) is 4.04. The van der Waals surface area contributed by atoms with Gasteiger partial charge in [0.25, 0.3) is 0 Å². The number of hydrogen-bond acceptors (Lipinski definition) is 1. The average molecular weight is 393 g/mol. The molecule has 0 spiro atoms. The Hall–Kier alpha value is -3.13. The molecule has 2 heteroatoms. The Balaban J connectivity index is 1.93. The van der Waals surface area contributed by atoms with Crippen LogP contribution in [0.15, 0.2) is 53.1 Å². The van der Waals surface area contributed by atoms with Gasteiger partial charge in [-0.15, -0.1) is 0 Å². The minimum atomic E-state index is -2.73. The third-order valence-electron chi connectivity index (χ3n) is 5.43. The molecule has 0 atom stereocenters. The Morgan fingerprint density at radius 2 is 1.69 bits per heavy atom. The van der Waals surface area contributed by atoms with E-state index < -0.39 is 27.4 Å². The van der Waals surface area contributed by atoms with Crippen molar-refractivity contribution in [2.75, 3.05) is 0 Å². The number of benzene rings is 3. The maximum atomic E-state index is 8.25. The van der Waals surface area contributed by atoms with Crippen LogP contribution in [0.2, 0.25) is 0 Å². The van der Waals surface area contributed by atoms with Gasteiger partial charge in [0.1, 0.15) is 18.2 Å². The zero-order valence-corrected chi connectivity index (χ0v) is 16.0. The molecule has 5 rings (SSSR count). The first kappa shape index (κ1) is 9.13. The van der Waals surface area contributed by atoms with Gasteiger partial charge in [0.2, 0.25) is 5.69 Å². The van der Waals surface area contributed by atoms with Crippen LogP contribution < -0.4 is 4.57 Å². The van der Waals surface area contributed by atoms with Crippen molar-refractivity contribution in [3.63, 3.8) is 0 Å². The third-order valence-corrected chi connectivity index (χ3v) is 5.43. The Kier molecular flexibility index (Phi) is 1.95. The summed E-state index contributed by atoms with van der Waals surface area (Å²) >= 11 is 0. The minimum absolute atomic E-state index is 0.0247. The maximum absolute atomic E-state index is 8.25. The molecule has 2 nitrogen and oxygen atoms in total. The molecule has 0 aliphatic carbocycles. The van der Waals surface area contributed by atoms with E-state index in [1.807, 2.05) is 0 Å². The molecular weight excluding hydrogens is 354 g/mol. The molecule has 0 radical (unpaired) electrons. The second-order valence-corrected chi connectivity index (χ2v) is 7.43. The van der Waals surface area contributed by atoms with Gasteiger partial charge in [-0.2, -0.15) is 0 Å². The zero-order valence-electron chi connectivity index (χ0n) is 28.0. The molecule has 0 unspecified atom stereocenters. The first-order chi connectivity index (χ1) is 18.7. The summed E-state index contributed by atoms with van der Waals surface area (Å²) < 4.78 is 104. The number of pyridine rings is 1. The third kappa shape index (κ3) is 2.66. The largest absolute Gasteiger partial charge is 0.455 e. The molecule has 0 saturated carbocycles. The normalized spacial score (nSPS) is 19.7. The number of aromatic nitrogens is 1. The van der Waals surface area contributed by atoms with Gasteiger partial charge in [-0.3, -0.25) is 0 Å². The maximum Gasteiger partial charge on any atom is 0.216 e. The highest BCUT2D eigenvalue weighted by Gasteiger charge is 2.23. The number of furan rings is 1. The number of rotatable bonds is 1. The van der Waals surface area contributed by atoms with Crippen LogP contribution in [-0.2, 0) is 7.05 Å². The summed E-state index contributed by atoms with van der Waals surface area (Å²) in [4.78, 5) is 0. The van der Waals surface area contributed by atoms with Crippen molar-refractivity contribution in [3.8, 4) is 11.3 Å². The van der Waals surface area contributed by atoms with Crippen molar-refractivity contribution in [3.05, 3.63) is 76.5 Å². The fraction of sp³-hybridized carbons (Fsp3) is 0.222. The number of fused-ring (bicyclic) bond motifs is 4. The summed E-state index contributed by atoms with van der Waals surface area (Å²) in [6, 6.07) is 10.9. The summed E-state index contributed by atoms with van der Waals surface area (Å²) in [6.45, 7) is -8.59. The highest BCUT2D eigenvalue weighted by Crippen LogP contribution is 2.40. The lowest BCUT2D eigenvalue weighted by Crippen LogP contribution is -2.31. The van der Waals surface area contributed by atoms with Gasteiger partial charge in [-0.05, 0) is 73.9 Å². The Morgan fingerprint density at radius 1 is 0.828 bits per heavy atom. The van der Waals surface area contributed by atoms with Gasteiger partial charge in [0.05, 0.1) is 5.56 Å². The topological polar surface area (TPSA) is 17.0 Å². The number of aryl methyl sites for hydroxylation is 6. The van der Waals surface area contributed by atoms with E-state index in [0.717, 1.165) is 0 Å². The first-order valence-electron chi connectivity index (χ1n) is 15.2. The standard InChI is InChI=1S/C27H26NO/c1-15-7-8-20-13-24-22(12-21(20)9-15)25-17(3)10-18(4)26(27(25)29-24)23-11-16(2)19(5)14-28(23)6/h7-14H,1-6H3/q+1/i1D3,2D3,3D3,5D3. The van der Waals surface area contributed by atoms with Gasteiger partial charge in [0.15, 0.2) is 6.20 Å². The van der Waals surface area contributed by atoms with Gasteiger partial charge >= 0.3 is 0 Å². The van der Waals surface area contributed by atoms with Crippen molar-refractivity contribution >= 4 is 32.7 Å².